The van der Waals surface area contributed by atoms with Crippen molar-refractivity contribution in [2.75, 3.05) is 11.5 Å². The van der Waals surface area contributed by atoms with Crippen molar-refractivity contribution in [1.29, 1.82) is 0 Å². The smallest absolute Gasteiger partial charge is 0.270 e. The van der Waals surface area contributed by atoms with Crippen molar-refractivity contribution >= 4 is 103 Å². The molecule has 0 radical (unpaired) electrons. The molecule has 3 nitrogen and oxygen atoms in total. The molecule has 1 saturated heterocycles. The molecule has 0 bridgehead atoms. The fourth-order valence-corrected chi connectivity index (χ4v) is 5.95. The van der Waals surface area contributed by atoms with Gasteiger partial charge >= 0.3 is 0 Å². The van der Waals surface area contributed by atoms with Gasteiger partial charge in [0.2, 0.25) is 0 Å². The number of ether oxygens (including phenoxy) is 1. The van der Waals surface area contributed by atoms with Crippen LogP contribution in [-0.2, 0) is 4.79 Å². The zero-order valence-corrected chi connectivity index (χ0v) is 20.5. The highest BCUT2D eigenvalue weighted by Crippen LogP contribution is 2.39. The maximum absolute atomic E-state index is 13.4. The average Bonchev–Trinajstić information content (AvgIpc) is 2.87. The third-order valence-electron chi connectivity index (χ3n) is 3.57. The van der Waals surface area contributed by atoms with Crippen molar-refractivity contribution in [3.63, 3.8) is 0 Å². The van der Waals surface area contributed by atoms with E-state index in [0.717, 1.165) is 18.5 Å². The van der Waals surface area contributed by atoms with Crippen molar-refractivity contribution < 1.29 is 13.9 Å². The van der Waals surface area contributed by atoms with Crippen LogP contribution in [0.4, 0.5) is 10.1 Å². The number of hydrogen-bond donors (Lipinski definition) is 0. The van der Waals surface area contributed by atoms with Crippen molar-refractivity contribution in [2.45, 2.75) is 6.92 Å². The van der Waals surface area contributed by atoms with Gasteiger partial charge in [0, 0.05) is 9.13 Å². The molecule has 1 aliphatic rings. The van der Waals surface area contributed by atoms with E-state index in [-0.39, 0.29) is 10.9 Å². The van der Waals surface area contributed by atoms with Crippen LogP contribution in [0.5, 0.6) is 5.75 Å². The Morgan fingerprint density at radius 3 is 2.74 bits per heavy atom. The largest absolute Gasteiger partial charge is 0.492 e. The maximum Gasteiger partial charge on any atom is 0.270 e. The molecule has 140 valence electrons. The Labute approximate surface area is 197 Å². The number of amides is 1. The first-order valence-corrected chi connectivity index (χ1v) is 11.4. The summed E-state index contributed by atoms with van der Waals surface area (Å²) in [6, 6.07) is 8.05. The molecule has 1 fully saturated rings. The molecular weight excluding hydrogens is 635 g/mol. The van der Waals surface area contributed by atoms with E-state index in [2.05, 4.69) is 45.2 Å². The molecule has 27 heavy (non-hydrogen) atoms. The molecule has 9 heteroatoms. The molecule has 0 N–H and O–H groups in total. The van der Waals surface area contributed by atoms with Crippen LogP contribution in [-0.4, -0.2) is 16.8 Å². The lowest BCUT2D eigenvalue weighted by atomic mass is 10.2. The number of rotatable bonds is 4. The standard InChI is InChI=1S/C18H11ClFI2NO2S2/c1-2-25-16-9(5-10(21)7-14(16)22)6-15-17(24)23(18(26)27-15)11-3-4-13(20)12(19)8-11/h3-8H,2H2,1H3/b15-6+. The third-order valence-corrected chi connectivity index (χ3v) is 6.58. The lowest BCUT2D eigenvalue weighted by molar-refractivity contribution is -0.113. The monoisotopic (exact) mass is 645 g/mol. The summed E-state index contributed by atoms with van der Waals surface area (Å²) in [5.41, 5.74) is 1.25. The second-order valence-electron chi connectivity index (χ2n) is 5.35. The molecule has 2 aromatic carbocycles. The number of nitrogens with zero attached hydrogens (tertiary/aromatic N) is 1. The fraction of sp³-hybridized carbons (Fsp3) is 0.111. The van der Waals surface area contributed by atoms with Crippen molar-refractivity contribution in [3.8, 4) is 5.75 Å². The molecule has 0 unspecified atom stereocenters. The lowest BCUT2D eigenvalue weighted by Gasteiger charge is -2.15. The number of halogens is 4. The van der Waals surface area contributed by atoms with E-state index >= 15 is 0 Å². The van der Waals surface area contributed by atoms with E-state index in [1.165, 1.54) is 34.9 Å². The van der Waals surface area contributed by atoms with Crippen molar-refractivity contribution in [1.82, 2.24) is 0 Å². The SMILES string of the molecule is CCOc1c(I)cc(I)cc1/C=C1/SC(=S)N(c2ccc(F)c(Cl)c2)C1=O. The Kier molecular flexibility index (Phi) is 7.04. The van der Waals surface area contributed by atoms with Crippen LogP contribution in [0, 0.1) is 13.0 Å². The molecule has 0 spiro atoms. The summed E-state index contributed by atoms with van der Waals surface area (Å²) in [7, 11) is 0. The predicted octanol–water partition coefficient (Wildman–Crippen LogP) is 6.49. The summed E-state index contributed by atoms with van der Waals surface area (Å²) in [5.74, 6) is -0.0891. The molecule has 0 aliphatic carbocycles. The Balaban J connectivity index is 2.01. The first kappa shape index (κ1) is 21.3. The first-order valence-electron chi connectivity index (χ1n) is 7.66. The Morgan fingerprint density at radius 1 is 1.33 bits per heavy atom. The van der Waals surface area contributed by atoms with Gasteiger partial charge in [0.1, 0.15) is 11.6 Å². The Morgan fingerprint density at radius 2 is 2.07 bits per heavy atom. The van der Waals surface area contributed by atoms with Gasteiger partial charge in [0.25, 0.3) is 5.91 Å². The highest BCUT2D eigenvalue weighted by Gasteiger charge is 2.34. The van der Waals surface area contributed by atoms with Crippen molar-refractivity contribution in [3.05, 3.63) is 58.8 Å². The predicted molar refractivity (Wildman–Crippen MR) is 130 cm³/mol. The van der Waals surface area contributed by atoms with E-state index in [4.69, 9.17) is 28.6 Å². The van der Waals surface area contributed by atoms with Gasteiger partial charge in [-0.2, -0.15) is 0 Å². The first-order chi connectivity index (χ1) is 12.8. The molecule has 0 saturated carbocycles. The minimum atomic E-state index is -0.545. The van der Waals surface area contributed by atoms with Crippen LogP contribution < -0.4 is 9.64 Å². The summed E-state index contributed by atoms with van der Waals surface area (Å²) in [6.45, 7) is 2.43. The molecule has 1 amide bonds. The van der Waals surface area contributed by atoms with Crippen LogP contribution in [0.1, 0.15) is 12.5 Å². The van der Waals surface area contributed by atoms with Gasteiger partial charge in [0.05, 0.1) is 25.8 Å². The van der Waals surface area contributed by atoms with Gasteiger partial charge in [-0.15, -0.1) is 0 Å². The van der Waals surface area contributed by atoms with E-state index in [1.54, 1.807) is 6.08 Å². The number of carbonyl (C=O) groups is 1. The Bertz CT molecular complexity index is 984. The van der Waals surface area contributed by atoms with E-state index in [0.29, 0.717) is 21.5 Å². The molecule has 1 aliphatic heterocycles. The highest BCUT2D eigenvalue weighted by molar-refractivity contribution is 14.1. The number of carbonyl (C=O) groups excluding carboxylic acids is 1. The number of thiocarbonyl (C=S) groups is 1. The molecule has 0 atom stereocenters. The van der Waals surface area contributed by atoms with E-state index in [9.17, 15) is 9.18 Å². The molecule has 1 heterocycles. The minimum absolute atomic E-state index is 0.0590. The van der Waals surface area contributed by atoms with Crippen LogP contribution >= 0.6 is 80.8 Å². The average molecular weight is 646 g/mol. The lowest BCUT2D eigenvalue weighted by Crippen LogP contribution is -2.27. The van der Waals surface area contributed by atoms with Crippen molar-refractivity contribution in [2.24, 2.45) is 0 Å². The molecule has 2 aromatic rings. The normalized spacial score (nSPS) is 15.7. The fourth-order valence-electron chi connectivity index (χ4n) is 2.44. The second kappa shape index (κ2) is 8.93. The number of anilines is 1. The summed E-state index contributed by atoms with van der Waals surface area (Å²) < 4.78 is 21.6. The maximum atomic E-state index is 13.4. The van der Waals surface area contributed by atoms with Gasteiger partial charge in [0.15, 0.2) is 4.32 Å². The topological polar surface area (TPSA) is 29.5 Å². The number of benzene rings is 2. The molecule has 3 rings (SSSR count). The summed E-state index contributed by atoms with van der Waals surface area (Å²) in [4.78, 5) is 14.8. The number of hydrogen-bond acceptors (Lipinski definition) is 4. The quantitative estimate of drug-likeness (QED) is 0.216. The van der Waals surface area contributed by atoms with E-state index < -0.39 is 5.82 Å². The second-order valence-corrected chi connectivity index (χ2v) is 9.85. The van der Waals surface area contributed by atoms with Crippen LogP contribution in [0.3, 0.4) is 0 Å². The summed E-state index contributed by atoms with van der Waals surface area (Å²) in [6.07, 6.45) is 1.78. The Hall–Kier alpha value is -0.430. The minimum Gasteiger partial charge on any atom is -0.492 e. The summed E-state index contributed by atoms with van der Waals surface area (Å²) in [5, 5.41) is -0.0590. The summed E-state index contributed by atoms with van der Waals surface area (Å²) >= 11 is 16.8. The third kappa shape index (κ3) is 4.60. The van der Waals surface area contributed by atoms with Gasteiger partial charge in [-0.05, 0) is 88.5 Å². The van der Waals surface area contributed by atoms with Crippen LogP contribution in [0.2, 0.25) is 5.02 Å². The molecular formula is C18H11ClFI2NO2S2. The van der Waals surface area contributed by atoms with Gasteiger partial charge in [-0.25, -0.2) is 4.39 Å². The van der Waals surface area contributed by atoms with Crippen LogP contribution in [0.15, 0.2) is 35.2 Å². The van der Waals surface area contributed by atoms with Crippen LogP contribution in [0.25, 0.3) is 6.08 Å². The zero-order chi connectivity index (χ0) is 19.7. The zero-order valence-electron chi connectivity index (χ0n) is 13.8. The van der Waals surface area contributed by atoms with Gasteiger partial charge in [-0.1, -0.05) is 35.6 Å². The number of thioether (sulfide) groups is 1. The van der Waals surface area contributed by atoms with Gasteiger partial charge in [-0.3, -0.25) is 9.69 Å². The molecule has 0 aromatic heterocycles. The van der Waals surface area contributed by atoms with E-state index in [1.807, 2.05) is 19.1 Å². The van der Waals surface area contributed by atoms with Gasteiger partial charge < -0.3 is 4.74 Å². The highest BCUT2D eigenvalue weighted by atomic mass is 127.